The van der Waals surface area contributed by atoms with Crippen LogP contribution in [0.2, 0.25) is 0 Å². The molecule has 0 saturated heterocycles. The van der Waals surface area contributed by atoms with E-state index in [1.54, 1.807) is 20.9 Å². The minimum Gasteiger partial charge on any atom is -0.359 e. The molecule has 0 aliphatic heterocycles. The van der Waals surface area contributed by atoms with E-state index in [2.05, 4.69) is 10.6 Å². The Morgan fingerprint density at radius 2 is 1.90 bits per heavy atom. The van der Waals surface area contributed by atoms with Gasteiger partial charge in [0.2, 0.25) is 11.8 Å². The molecule has 0 saturated carbocycles. The van der Waals surface area contributed by atoms with Crippen molar-refractivity contribution < 1.29 is 9.59 Å². The predicted molar refractivity (Wildman–Crippen MR) is 80.1 cm³/mol. The van der Waals surface area contributed by atoms with Crippen LogP contribution in [-0.4, -0.2) is 25.4 Å². The molecule has 0 bridgehead atoms. The minimum absolute atomic E-state index is 0.153. The highest BCUT2D eigenvalue weighted by molar-refractivity contribution is 5.84. The number of nitrogens with one attached hydrogen (secondary N) is 2. The molecule has 0 aliphatic rings. The van der Waals surface area contributed by atoms with Gasteiger partial charge in [0, 0.05) is 13.6 Å². The number of carbonyl (C=O) groups excluding carboxylic acids is 2. The van der Waals surface area contributed by atoms with E-state index in [4.69, 9.17) is 5.26 Å². The summed E-state index contributed by atoms with van der Waals surface area (Å²) in [6.07, 6.45) is 0.365. The van der Waals surface area contributed by atoms with Gasteiger partial charge in [0.15, 0.2) is 0 Å². The molecule has 0 radical (unpaired) electrons. The zero-order chi connectivity index (χ0) is 15.9. The topological polar surface area (TPSA) is 82.0 Å². The van der Waals surface area contributed by atoms with Gasteiger partial charge >= 0.3 is 0 Å². The third-order valence-corrected chi connectivity index (χ3v) is 3.30. The van der Waals surface area contributed by atoms with Crippen LogP contribution in [0.3, 0.4) is 0 Å². The van der Waals surface area contributed by atoms with Crippen LogP contribution in [0.5, 0.6) is 0 Å². The van der Waals surface area contributed by atoms with Crippen molar-refractivity contribution in [1.29, 1.82) is 5.26 Å². The maximum Gasteiger partial charge on any atom is 0.237 e. The maximum absolute atomic E-state index is 12.1. The molecule has 1 aromatic carbocycles. The maximum atomic E-state index is 12.1. The van der Waals surface area contributed by atoms with Crippen molar-refractivity contribution >= 4 is 11.8 Å². The van der Waals surface area contributed by atoms with E-state index < -0.39 is 11.3 Å². The first-order valence-corrected chi connectivity index (χ1v) is 6.84. The molecule has 0 aromatic heterocycles. The molecule has 1 aromatic rings. The molecule has 2 N–H and O–H groups in total. The predicted octanol–water partition coefficient (Wildman–Crippen LogP) is 1.26. The summed E-state index contributed by atoms with van der Waals surface area (Å²) in [5.41, 5.74) is 0.224. The van der Waals surface area contributed by atoms with Gasteiger partial charge in [-0.3, -0.25) is 9.59 Å². The number of hydrogen-bond acceptors (Lipinski definition) is 3. The smallest absolute Gasteiger partial charge is 0.237 e. The van der Waals surface area contributed by atoms with Gasteiger partial charge in [0.05, 0.1) is 11.5 Å². The molecule has 5 nitrogen and oxygen atoms in total. The molecule has 1 unspecified atom stereocenters. The lowest BCUT2D eigenvalue weighted by Crippen LogP contribution is -2.45. The number of amides is 2. The van der Waals surface area contributed by atoms with Gasteiger partial charge in [-0.1, -0.05) is 30.3 Å². The van der Waals surface area contributed by atoms with Crippen molar-refractivity contribution in [3.8, 4) is 6.07 Å². The molecule has 1 rings (SSSR count). The van der Waals surface area contributed by atoms with Crippen LogP contribution in [0.1, 0.15) is 19.4 Å². The first-order chi connectivity index (χ1) is 9.90. The summed E-state index contributed by atoms with van der Waals surface area (Å²) in [6, 6.07) is 11.4. The molecule has 2 amide bonds. The number of rotatable bonds is 6. The summed E-state index contributed by atoms with van der Waals surface area (Å²) in [7, 11) is 1.55. The summed E-state index contributed by atoms with van der Waals surface area (Å²) in [5, 5.41) is 14.4. The van der Waals surface area contributed by atoms with Crippen molar-refractivity contribution in [3.05, 3.63) is 35.9 Å². The molecule has 1 atom stereocenters. The van der Waals surface area contributed by atoms with E-state index in [1.807, 2.05) is 36.4 Å². The highest BCUT2D eigenvalue weighted by Crippen LogP contribution is 2.14. The van der Waals surface area contributed by atoms with E-state index in [-0.39, 0.29) is 18.4 Å². The van der Waals surface area contributed by atoms with Gasteiger partial charge in [-0.05, 0) is 25.8 Å². The van der Waals surface area contributed by atoms with E-state index in [9.17, 15) is 9.59 Å². The fourth-order valence-corrected chi connectivity index (χ4v) is 1.90. The molecular weight excluding hydrogens is 266 g/mol. The fraction of sp³-hybridized carbons (Fsp3) is 0.438. The van der Waals surface area contributed by atoms with E-state index in [1.165, 1.54) is 0 Å². The van der Waals surface area contributed by atoms with Crippen molar-refractivity contribution in [3.63, 3.8) is 0 Å². The number of benzene rings is 1. The Morgan fingerprint density at radius 3 is 2.43 bits per heavy atom. The van der Waals surface area contributed by atoms with Crippen LogP contribution < -0.4 is 10.6 Å². The highest BCUT2D eigenvalue weighted by Gasteiger charge is 2.28. The highest BCUT2D eigenvalue weighted by atomic mass is 16.2. The Morgan fingerprint density at radius 1 is 1.29 bits per heavy atom. The summed E-state index contributed by atoms with van der Waals surface area (Å²) in [6.45, 7) is 3.67. The molecule has 0 aliphatic carbocycles. The SMILES string of the molecule is CNC(=O)C(C)(C)CNC(=O)C(C#N)Cc1ccccc1. The first-order valence-electron chi connectivity index (χ1n) is 6.84. The van der Waals surface area contributed by atoms with Gasteiger partial charge < -0.3 is 10.6 Å². The number of nitrogens with zero attached hydrogens (tertiary/aromatic N) is 1. The second-order valence-corrected chi connectivity index (χ2v) is 5.55. The van der Waals surface area contributed by atoms with E-state index in [0.29, 0.717) is 6.42 Å². The molecule has 21 heavy (non-hydrogen) atoms. The summed E-state index contributed by atoms with van der Waals surface area (Å²) >= 11 is 0. The standard InChI is InChI=1S/C16H21N3O2/c1-16(2,15(21)18-3)11-19-14(20)13(10-17)9-12-7-5-4-6-8-12/h4-8,13H,9,11H2,1-3H3,(H,18,21)(H,19,20). The molecule has 112 valence electrons. The van der Waals surface area contributed by atoms with Gasteiger partial charge in [0.1, 0.15) is 5.92 Å². The van der Waals surface area contributed by atoms with Crippen molar-refractivity contribution in [2.75, 3.05) is 13.6 Å². The molecule has 0 fully saturated rings. The third kappa shape index (κ3) is 4.92. The summed E-state index contributed by atoms with van der Waals surface area (Å²) in [5.74, 6) is -1.26. The van der Waals surface area contributed by atoms with Crippen LogP contribution in [0.4, 0.5) is 0 Å². The van der Waals surface area contributed by atoms with Crippen molar-refractivity contribution in [2.24, 2.45) is 11.3 Å². The monoisotopic (exact) mass is 287 g/mol. The van der Waals surface area contributed by atoms with E-state index in [0.717, 1.165) is 5.56 Å². The molecule has 0 heterocycles. The average Bonchev–Trinajstić information content (AvgIpc) is 2.50. The lowest BCUT2D eigenvalue weighted by molar-refractivity contribution is -0.129. The molecule has 5 heteroatoms. The molecular formula is C16H21N3O2. The van der Waals surface area contributed by atoms with Gasteiger partial charge in [0.25, 0.3) is 0 Å². The number of hydrogen-bond donors (Lipinski definition) is 2. The lowest BCUT2D eigenvalue weighted by Gasteiger charge is -2.23. The third-order valence-electron chi connectivity index (χ3n) is 3.30. The van der Waals surface area contributed by atoms with Crippen molar-refractivity contribution in [1.82, 2.24) is 10.6 Å². The number of carbonyl (C=O) groups is 2. The lowest BCUT2D eigenvalue weighted by atomic mass is 9.91. The average molecular weight is 287 g/mol. The zero-order valence-corrected chi connectivity index (χ0v) is 12.6. The normalized spacial score (nSPS) is 12.1. The Labute approximate surface area is 125 Å². The van der Waals surface area contributed by atoms with Crippen LogP contribution in [0.25, 0.3) is 0 Å². The zero-order valence-electron chi connectivity index (χ0n) is 12.6. The Bertz CT molecular complexity index is 532. The van der Waals surface area contributed by atoms with E-state index >= 15 is 0 Å². The van der Waals surface area contributed by atoms with Gasteiger partial charge in [-0.15, -0.1) is 0 Å². The first kappa shape index (κ1) is 16.7. The Kier molecular flexibility index (Phi) is 5.92. The summed E-state index contributed by atoms with van der Waals surface area (Å²) < 4.78 is 0. The Hall–Kier alpha value is -2.35. The second kappa shape index (κ2) is 7.44. The fourth-order valence-electron chi connectivity index (χ4n) is 1.90. The minimum atomic E-state index is -0.757. The van der Waals surface area contributed by atoms with Gasteiger partial charge in [-0.25, -0.2) is 0 Å². The van der Waals surface area contributed by atoms with Crippen LogP contribution in [0, 0.1) is 22.7 Å². The van der Waals surface area contributed by atoms with Gasteiger partial charge in [-0.2, -0.15) is 5.26 Å². The number of nitriles is 1. The molecule has 0 spiro atoms. The quantitative estimate of drug-likeness (QED) is 0.826. The Balaban J connectivity index is 2.61. The largest absolute Gasteiger partial charge is 0.359 e. The summed E-state index contributed by atoms with van der Waals surface area (Å²) in [4.78, 5) is 23.7. The van der Waals surface area contributed by atoms with Crippen LogP contribution >= 0.6 is 0 Å². The van der Waals surface area contributed by atoms with Crippen LogP contribution in [-0.2, 0) is 16.0 Å². The van der Waals surface area contributed by atoms with Crippen LogP contribution in [0.15, 0.2) is 30.3 Å². The van der Waals surface area contributed by atoms with Crippen molar-refractivity contribution in [2.45, 2.75) is 20.3 Å². The second-order valence-electron chi connectivity index (χ2n) is 5.55.